The highest BCUT2D eigenvalue weighted by atomic mass is 19.1. The van der Waals surface area contributed by atoms with Crippen molar-refractivity contribution in [2.24, 2.45) is 0 Å². The van der Waals surface area contributed by atoms with Crippen molar-refractivity contribution in [2.45, 2.75) is 43.7 Å². The summed E-state index contributed by atoms with van der Waals surface area (Å²) >= 11 is 0. The van der Waals surface area contributed by atoms with Crippen molar-refractivity contribution in [3.63, 3.8) is 0 Å². The molecule has 12 heteroatoms. The molecule has 0 unspecified atom stereocenters. The zero-order valence-corrected chi connectivity index (χ0v) is 19.8. The second-order valence-corrected chi connectivity index (χ2v) is 8.91. The maximum absolute atomic E-state index is 13.9. The molecule has 1 amide bonds. The molecule has 2 aliphatic heterocycles. The van der Waals surface area contributed by atoms with E-state index in [1.54, 1.807) is 0 Å². The van der Waals surface area contributed by atoms with E-state index in [9.17, 15) is 19.1 Å². The fourth-order valence-electron chi connectivity index (χ4n) is 4.54. The first kappa shape index (κ1) is 26.7. The molecule has 0 bridgehead atoms. The third-order valence-corrected chi connectivity index (χ3v) is 6.37. The van der Waals surface area contributed by atoms with Crippen molar-refractivity contribution < 1.29 is 49.6 Å². The second-order valence-electron chi connectivity index (χ2n) is 8.91. The van der Waals surface area contributed by atoms with Crippen molar-refractivity contribution in [1.29, 1.82) is 0 Å². The SMILES string of the molecule is C[NH2+]Cc1ccc(-c2[nH]c3cc(F)cc4c3c2CCNC4=O)cc1.O=C([O-])[C@H]1O[C@@H](O)[C@H](O)[C@@H](O)[C@@H]1O. The average molecular weight is 518 g/mol. The van der Waals surface area contributed by atoms with Gasteiger partial charge in [0, 0.05) is 28.7 Å². The second kappa shape index (κ2) is 10.9. The lowest BCUT2D eigenvalue weighted by molar-refractivity contribution is -0.643. The Bertz CT molecular complexity index is 1300. The van der Waals surface area contributed by atoms with Crippen molar-refractivity contribution in [1.82, 2.24) is 10.3 Å². The Balaban J connectivity index is 0.000000209. The van der Waals surface area contributed by atoms with Gasteiger partial charge in [0.15, 0.2) is 6.29 Å². The van der Waals surface area contributed by atoms with Gasteiger partial charge in [-0.1, -0.05) is 24.3 Å². The maximum Gasteiger partial charge on any atom is 0.252 e. The summed E-state index contributed by atoms with van der Waals surface area (Å²) in [5.41, 5.74) is 5.46. The minimum Gasteiger partial charge on any atom is -0.547 e. The van der Waals surface area contributed by atoms with Gasteiger partial charge in [-0.25, -0.2) is 4.39 Å². The molecule has 0 radical (unpaired) electrons. The minimum absolute atomic E-state index is 0.211. The molecule has 0 spiro atoms. The van der Waals surface area contributed by atoms with Crippen LogP contribution in [-0.2, 0) is 22.5 Å². The van der Waals surface area contributed by atoms with Crippen LogP contribution in [0.1, 0.15) is 21.5 Å². The van der Waals surface area contributed by atoms with Crippen LogP contribution in [0.2, 0.25) is 0 Å². The molecule has 1 fully saturated rings. The van der Waals surface area contributed by atoms with Crippen LogP contribution in [0.5, 0.6) is 0 Å². The first-order valence-electron chi connectivity index (χ1n) is 11.7. The quantitative estimate of drug-likeness (QED) is 0.197. The average Bonchev–Trinajstić information content (AvgIpc) is 3.14. The summed E-state index contributed by atoms with van der Waals surface area (Å²) in [6.07, 6.45) is -8.28. The highest BCUT2D eigenvalue weighted by Crippen LogP contribution is 2.34. The lowest BCUT2D eigenvalue weighted by Gasteiger charge is -2.38. The maximum atomic E-state index is 13.9. The third kappa shape index (κ3) is 5.34. The van der Waals surface area contributed by atoms with E-state index in [0.29, 0.717) is 17.6 Å². The number of nitrogens with two attached hydrogens (primary N) is 1. The van der Waals surface area contributed by atoms with Crippen LogP contribution in [0.4, 0.5) is 4.39 Å². The highest BCUT2D eigenvalue weighted by Gasteiger charge is 2.43. The van der Waals surface area contributed by atoms with Crippen LogP contribution in [0.15, 0.2) is 36.4 Å². The van der Waals surface area contributed by atoms with Crippen molar-refractivity contribution in [2.75, 3.05) is 13.6 Å². The van der Waals surface area contributed by atoms with Gasteiger partial charge in [-0.2, -0.15) is 0 Å². The van der Waals surface area contributed by atoms with Gasteiger partial charge in [0.1, 0.15) is 36.8 Å². The largest absolute Gasteiger partial charge is 0.547 e. The molecule has 5 atom stereocenters. The number of benzene rings is 2. The molecule has 2 aromatic carbocycles. The minimum atomic E-state index is -1.85. The normalized spacial score (nSPS) is 25.1. The number of carbonyl (C=O) groups is 2. The van der Waals surface area contributed by atoms with E-state index >= 15 is 0 Å². The smallest absolute Gasteiger partial charge is 0.252 e. The number of aliphatic hydroxyl groups is 4. The van der Waals surface area contributed by atoms with Crippen molar-refractivity contribution in [3.05, 3.63) is 58.9 Å². The number of nitrogens with one attached hydrogen (secondary N) is 2. The van der Waals surface area contributed by atoms with Crippen LogP contribution in [0, 0.1) is 5.82 Å². The standard InChI is InChI=1S/C19H18FN3O.C6H10O7/c1-21-10-11-2-4-12(5-3-11)18-14-6-7-22-19(24)15-8-13(20)9-16(23-18)17(14)15;7-1-2(8)4(5(10)11)13-6(12)3(1)9/h2-5,8-9,21,23H,6-7,10H2,1H3,(H,22,24);1-4,6-9,12H,(H,10,11)/t;1-,2-,3+,4-,6+/m.0/s1. The van der Waals surface area contributed by atoms with E-state index in [0.717, 1.165) is 35.2 Å². The van der Waals surface area contributed by atoms with Crippen LogP contribution in [0.25, 0.3) is 22.2 Å². The van der Waals surface area contributed by atoms with Gasteiger partial charge in [-0.15, -0.1) is 0 Å². The fourth-order valence-corrected chi connectivity index (χ4v) is 4.54. The number of aromatic amines is 1. The molecule has 3 aromatic rings. The zero-order valence-electron chi connectivity index (χ0n) is 19.8. The van der Waals surface area contributed by atoms with E-state index in [1.807, 2.05) is 7.05 Å². The zero-order chi connectivity index (χ0) is 26.9. The summed E-state index contributed by atoms with van der Waals surface area (Å²) in [6.45, 7) is 1.49. The Labute approximate surface area is 210 Å². The van der Waals surface area contributed by atoms with Gasteiger partial charge in [0.25, 0.3) is 5.91 Å². The Kier molecular flexibility index (Phi) is 7.87. The summed E-state index contributed by atoms with van der Waals surface area (Å²) < 4.78 is 18.2. The highest BCUT2D eigenvalue weighted by molar-refractivity contribution is 6.10. The molecule has 8 N–H and O–H groups in total. The Morgan fingerprint density at radius 3 is 2.49 bits per heavy atom. The molecule has 37 heavy (non-hydrogen) atoms. The molecule has 2 aliphatic rings. The molecule has 11 nitrogen and oxygen atoms in total. The number of H-pyrrole nitrogens is 1. The van der Waals surface area contributed by atoms with Gasteiger partial charge in [-0.3, -0.25) is 4.79 Å². The van der Waals surface area contributed by atoms with Gasteiger partial charge in [0.05, 0.1) is 18.6 Å². The lowest BCUT2D eigenvalue weighted by atomic mass is 9.99. The van der Waals surface area contributed by atoms with Crippen molar-refractivity contribution in [3.8, 4) is 11.3 Å². The first-order valence-corrected chi connectivity index (χ1v) is 11.7. The monoisotopic (exact) mass is 517 g/mol. The molecular formula is C25H28FN3O8. The number of rotatable bonds is 4. The first-order chi connectivity index (χ1) is 17.6. The van der Waals surface area contributed by atoms with Crippen molar-refractivity contribution >= 4 is 22.8 Å². The molecule has 198 valence electrons. The lowest BCUT2D eigenvalue weighted by Crippen LogP contribution is -2.77. The Hall–Kier alpha value is -3.39. The molecule has 0 saturated carbocycles. The predicted molar refractivity (Wildman–Crippen MR) is 125 cm³/mol. The number of carboxylic acid groups (broad SMARTS) is 1. The molecule has 0 aliphatic carbocycles. The van der Waals surface area contributed by atoms with Crippen LogP contribution in [0.3, 0.4) is 0 Å². The van der Waals surface area contributed by atoms with Gasteiger partial charge < -0.3 is 50.7 Å². The number of quaternary nitrogens is 1. The molecule has 1 saturated heterocycles. The number of aromatic nitrogens is 1. The number of aliphatic carboxylic acids is 1. The number of carboxylic acids is 1. The Morgan fingerprint density at radius 2 is 1.84 bits per heavy atom. The fraction of sp³-hybridized carbons (Fsp3) is 0.360. The number of carbonyl (C=O) groups excluding carboxylic acids is 2. The van der Waals surface area contributed by atoms with Crippen LogP contribution < -0.4 is 15.7 Å². The molecule has 3 heterocycles. The Morgan fingerprint density at radius 1 is 1.14 bits per heavy atom. The molecular weight excluding hydrogens is 489 g/mol. The summed E-state index contributed by atoms with van der Waals surface area (Å²) in [5.74, 6) is -2.38. The van der Waals surface area contributed by atoms with Gasteiger partial charge in [-0.05, 0) is 29.7 Å². The van der Waals surface area contributed by atoms with Gasteiger partial charge >= 0.3 is 0 Å². The summed E-state index contributed by atoms with van der Waals surface area (Å²) in [7, 11) is 2.04. The van der Waals surface area contributed by atoms with E-state index < -0.39 is 42.5 Å². The number of halogens is 1. The van der Waals surface area contributed by atoms with Crippen LogP contribution in [-0.4, -0.2) is 81.6 Å². The number of aliphatic hydroxyl groups excluding tert-OH is 4. The number of ether oxygens (including phenoxy) is 1. The van der Waals surface area contributed by atoms with E-state index in [4.69, 9.17) is 20.4 Å². The number of amides is 1. The summed E-state index contributed by atoms with van der Waals surface area (Å²) in [4.78, 5) is 25.8. The topological polar surface area (TPSA) is 192 Å². The number of hydrogen-bond donors (Lipinski definition) is 7. The summed E-state index contributed by atoms with van der Waals surface area (Å²) in [6, 6.07) is 11.2. The number of hydrogen-bond acceptors (Lipinski definition) is 8. The van der Waals surface area contributed by atoms with Gasteiger partial charge in [0.2, 0.25) is 0 Å². The van der Waals surface area contributed by atoms with E-state index in [-0.39, 0.29) is 5.91 Å². The predicted octanol–water partition coefficient (Wildman–Crippen LogP) is -2.51. The third-order valence-electron chi connectivity index (χ3n) is 6.37. The van der Waals surface area contributed by atoms with Crippen LogP contribution >= 0.6 is 0 Å². The van der Waals surface area contributed by atoms with E-state index in [2.05, 4.69) is 44.6 Å². The molecule has 1 aromatic heterocycles. The van der Waals surface area contributed by atoms with E-state index in [1.165, 1.54) is 17.7 Å². The summed E-state index contributed by atoms with van der Waals surface area (Å²) in [5, 5.41) is 51.9. The molecule has 5 rings (SSSR count).